The Balaban J connectivity index is 4.26. The Morgan fingerprint density at radius 3 is 1.45 bits per heavy atom. The minimum Gasteiger partial charge on any atom is -0.262 e. The van der Waals surface area contributed by atoms with Crippen molar-refractivity contribution in [2.45, 2.75) is 13.3 Å². The average molecular weight is 178 g/mol. The van der Waals surface area contributed by atoms with E-state index in [1.807, 2.05) is 0 Å². The van der Waals surface area contributed by atoms with Crippen molar-refractivity contribution in [2.24, 2.45) is 0 Å². The Kier molecular flexibility index (Phi) is 4.44. The lowest BCUT2D eigenvalue weighted by atomic mass is 10.6. The molecule has 0 N–H and O–H groups in total. The SMILES string of the molecule is CCCS(C)(N(C)C)N(C)C. The Bertz CT molecular complexity index is 105. The van der Waals surface area contributed by atoms with E-state index in [1.54, 1.807) is 0 Å². The van der Waals surface area contributed by atoms with Gasteiger partial charge in [-0.1, -0.05) is 6.92 Å². The fourth-order valence-corrected chi connectivity index (χ4v) is 3.24. The lowest BCUT2D eigenvalue weighted by Crippen LogP contribution is -2.32. The van der Waals surface area contributed by atoms with Crippen molar-refractivity contribution >= 4 is 10.4 Å². The molecule has 0 atom stereocenters. The molecule has 0 aromatic rings. The topological polar surface area (TPSA) is 6.48 Å². The van der Waals surface area contributed by atoms with Gasteiger partial charge in [-0.25, -0.2) is 0 Å². The van der Waals surface area contributed by atoms with Crippen molar-refractivity contribution in [1.82, 2.24) is 8.61 Å². The highest BCUT2D eigenvalue weighted by molar-refractivity contribution is 8.29. The lowest BCUT2D eigenvalue weighted by molar-refractivity contribution is 0.579. The quantitative estimate of drug-likeness (QED) is 0.647. The predicted octanol–water partition coefficient (Wildman–Crippen LogP) is 1.78. The average Bonchev–Trinajstić information content (AvgIpc) is 1.87. The molecule has 2 nitrogen and oxygen atoms in total. The van der Waals surface area contributed by atoms with Crippen LogP contribution in [0.15, 0.2) is 0 Å². The Morgan fingerprint density at radius 1 is 1.00 bits per heavy atom. The third-order valence-electron chi connectivity index (χ3n) is 2.16. The second-order valence-corrected chi connectivity index (χ2v) is 7.18. The first-order valence-electron chi connectivity index (χ1n) is 4.06. The number of hydrogen-bond acceptors (Lipinski definition) is 2. The first-order chi connectivity index (χ1) is 4.95. The van der Waals surface area contributed by atoms with Gasteiger partial charge in [-0.2, -0.15) is 0 Å². The maximum Gasteiger partial charge on any atom is 0.00117 e. The molecule has 0 aromatic carbocycles. The van der Waals surface area contributed by atoms with E-state index < -0.39 is 10.4 Å². The standard InChI is InChI=1S/C8H22N2S/c1-7-8-11(6,9(2)3)10(4)5/h7-8H2,1-6H3. The van der Waals surface area contributed by atoms with E-state index in [9.17, 15) is 0 Å². The van der Waals surface area contributed by atoms with Gasteiger partial charge in [0.1, 0.15) is 0 Å². The summed E-state index contributed by atoms with van der Waals surface area (Å²) in [5.41, 5.74) is 0. The molecule has 3 heteroatoms. The van der Waals surface area contributed by atoms with Crippen LogP contribution in [-0.2, 0) is 0 Å². The molecule has 0 radical (unpaired) electrons. The molecule has 0 unspecified atom stereocenters. The van der Waals surface area contributed by atoms with E-state index in [4.69, 9.17) is 0 Å². The first kappa shape index (κ1) is 11.3. The van der Waals surface area contributed by atoms with Gasteiger partial charge in [-0.05, 0) is 40.9 Å². The lowest BCUT2D eigenvalue weighted by Gasteiger charge is -2.47. The molecular weight excluding hydrogens is 156 g/mol. The van der Waals surface area contributed by atoms with Gasteiger partial charge in [0.05, 0.1) is 0 Å². The second kappa shape index (κ2) is 4.33. The van der Waals surface area contributed by atoms with Crippen LogP contribution in [0, 0.1) is 0 Å². The summed E-state index contributed by atoms with van der Waals surface area (Å²) in [4.78, 5) is 0. The zero-order chi connectivity index (χ0) is 9.07. The summed E-state index contributed by atoms with van der Waals surface area (Å²) >= 11 is 0. The maximum absolute atomic E-state index is 2.36. The van der Waals surface area contributed by atoms with E-state index in [-0.39, 0.29) is 0 Å². The first-order valence-corrected chi connectivity index (χ1v) is 6.18. The third kappa shape index (κ3) is 2.65. The predicted molar refractivity (Wildman–Crippen MR) is 56.0 cm³/mol. The van der Waals surface area contributed by atoms with Crippen LogP contribution in [0.4, 0.5) is 0 Å². The van der Waals surface area contributed by atoms with Gasteiger partial charge in [0, 0.05) is 5.75 Å². The molecule has 0 aliphatic heterocycles. The summed E-state index contributed by atoms with van der Waals surface area (Å²) < 4.78 is 4.72. The molecular formula is C8H22N2S. The molecule has 0 aliphatic carbocycles. The Labute approximate surface area is 73.1 Å². The largest absolute Gasteiger partial charge is 0.262 e. The third-order valence-corrected chi connectivity index (χ3v) is 6.49. The van der Waals surface area contributed by atoms with Crippen molar-refractivity contribution in [3.8, 4) is 0 Å². The summed E-state index contributed by atoms with van der Waals surface area (Å²) in [6, 6.07) is 0. The van der Waals surface area contributed by atoms with Gasteiger partial charge in [0.2, 0.25) is 0 Å². The van der Waals surface area contributed by atoms with Crippen molar-refractivity contribution in [2.75, 3.05) is 40.2 Å². The summed E-state index contributed by atoms with van der Waals surface area (Å²) in [6.45, 7) is 2.25. The molecule has 11 heavy (non-hydrogen) atoms. The van der Waals surface area contributed by atoms with E-state index in [1.165, 1.54) is 12.2 Å². The second-order valence-electron chi connectivity index (χ2n) is 3.32. The van der Waals surface area contributed by atoms with Crippen molar-refractivity contribution < 1.29 is 0 Å². The van der Waals surface area contributed by atoms with Crippen LogP contribution in [0.5, 0.6) is 0 Å². The van der Waals surface area contributed by atoms with E-state index in [2.05, 4.69) is 50.0 Å². The molecule has 0 rings (SSSR count). The van der Waals surface area contributed by atoms with Gasteiger partial charge >= 0.3 is 0 Å². The van der Waals surface area contributed by atoms with Crippen LogP contribution < -0.4 is 0 Å². The van der Waals surface area contributed by atoms with Crippen molar-refractivity contribution in [3.63, 3.8) is 0 Å². The molecule has 0 bridgehead atoms. The highest BCUT2D eigenvalue weighted by Gasteiger charge is 2.21. The summed E-state index contributed by atoms with van der Waals surface area (Å²) in [5, 5.41) is 0. The smallest absolute Gasteiger partial charge is 0.00117 e. The highest BCUT2D eigenvalue weighted by Crippen LogP contribution is 2.47. The molecule has 0 saturated heterocycles. The Morgan fingerprint density at radius 2 is 1.36 bits per heavy atom. The molecule has 0 spiro atoms. The molecule has 0 aromatic heterocycles. The molecule has 0 heterocycles. The number of hydrogen-bond donors (Lipinski definition) is 0. The van der Waals surface area contributed by atoms with Crippen molar-refractivity contribution in [1.29, 1.82) is 0 Å². The monoisotopic (exact) mass is 178 g/mol. The van der Waals surface area contributed by atoms with Gasteiger partial charge in [-0.3, -0.25) is 8.61 Å². The summed E-state index contributed by atoms with van der Waals surface area (Å²) in [5.74, 6) is 1.30. The zero-order valence-electron chi connectivity index (χ0n) is 8.72. The maximum atomic E-state index is 2.36. The van der Waals surface area contributed by atoms with Gasteiger partial charge in [-0.15, -0.1) is 10.4 Å². The number of nitrogens with zero attached hydrogens (tertiary/aromatic N) is 2. The summed E-state index contributed by atoms with van der Waals surface area (Å²) in [7, 11) is 8.03. The fourth-order valence-electron chi connectivity index (χ4n) is 1.08. The zero-order valence-corrected chi connectivity index (χ0v) is 9.53. The van der Waals surface area contributed by atoms with Crippen LogP contribution in [0.2, 0.25) is 0 Å². The molecule has 0 fully saturated rings. The van der Waals surface area contributed by atoms with Crippen molar-refractivity contribution in [3.05, 3.63) is 0 Å². The normalized spacial score (nSPS) is 14.5. The van der Waals surface area contributed by atoms with Gasteiger partial charge in [0.25, 0.3) is 0 Å². The van der Waals surface area contributed by atoms with Crippen LogP contribution in [0.1, 0.15) is 13.3 Å². The molecule has 0 amide bonds. The van der Waals surface area contributed by atoms with Crippen LogP contribution >= 0.6 is 10.4 Å². The van der Waals surface area contributed by atoms with E-state index >= 15 is 0 Å². The van der Waals surface area contributed by atoms with E-state index in [0.29, 0.717) is 0 Å². The minimum atomic E-state index is -0.656. The molecule has 70 valence electrons. The van der Waals surface area contributed by atoms with Crippen LogP contribution in [-0.4, -0.2) is 48.8 Å². The highest BCUT2D eigenvalue weighted by atomic mass is 32.3. The summed E-state index contributed by atoms with van der Waals surface area (Å²) in [6.07, 6.45) is 3.62. The van der Waals surface area contributed by atoms with E-state index in [0.717, 1.165) is 0 Å². The molecule has 0 saturated carbocycles. The van der Waals surface area contributed by atoms with Crippen LogP contribution in [0.25, 0.3) is 0 Å². The molecule has 0 aliphatic rings. The minimum absolute atomic E-state index is 0.656. The number of rotatable bonds is 4. The van der Waals surface area contributed by atoms with Crippen LogP contribution in [0.3, 0.4) is 0 Å². The fraction of sp³-hybridized carbons (Fsp3) is 1.00. The Hall–Kier alpha value is 0.270. The van der Waals surface area contributed by atoms with Gasteiger partial charge in [0.15, 0.2) is 0 Å². The van der Waals surface area contributed by atoms with Gasteiger partial charge < -0.3 is 0 Å².